The zero-order chi connectivity index (χ0) is 12.8. The summed E-state index contributed by atoms with van der Waals surface area (Å²) in [6, 6.07) is -0.293. The Morgan fingerprint density at radius 2 is 1.94 bits per heavy atom. The quantitative estimate of drug-likeness (QED) is 0.529. The summed E-state index contributed by atoms with van der Waals surface area (Å²) in [5.74, 6) is -0.0601. The summed E-state index contributed by atoms with van der Waals surface area (Å²) in [6.07, 6.45) is -2.77. The highest BCUT2D eigenvalue weighted by Crippen LogP contribution is 2.20. The normalized spacial score (nSPS) is 14.1. The minimum absolute atomic E-state index is 0.0601. The molecule has 3 nitrogen and oxygen atoms in total. The van der Waals surface area contributed by atoms with E-state index in [1.165, 1.54) is 4.90 Å². The van der Waals surface area contributed by atoms with E-state index < -0.39 is 12.7 Å². The van der Waals surface area contributed by atoms with Crippen molar-refractivity contribution >= 4 is 5.84 Å². The van der Waals surface area contributed by atoms with Crippen molar-refractivity contribution < 1.29 is 13.2 Å². The van der Waals surface area contributed by atoms with Gasteiger partial charge in [-0.05, 0) is 19.4 Å². The van der Waals surface area contributed by atoms with Crippen LogP contribution in [-0.4, -0.2) is 36.0 Å². The Morgan fingerprint density at radius 3 is 2.25 bits per heavy atom. The lowest BCUT2D eigenvalue weighted by Gasteiger charge is -2.31. The molecule has 1 unspecified atom stereocenters. The van der Waals surface area contributed by atoms with E-state index >= 15 is 0 Å². The third kappa shape index (κ3) is 6.66. The molecule has 1 atom stereocenters. The SMILES string of the molecule is CCCN(CC(F)(F)F)C(CC)CC(=N)N. The van der Waals surface area contributed by atoms with Crippen molar-refractivity contribution in [2.45, 2.75) is 45.3 Å². The third-order valence-corrected chi connectivity index (χ3v) is 2.34. The first-order valence-corrected chi connectivity index (χ1v) is 5.43. The number of hydrogen-bond acceptors (Lipinski definition) is 2. The van der Waals surface area contributed by atoms with Crippen LogP contribution in [0.4, 0.5) is 13.2 Å². The van der Waals surface area contributed by atoms with Gasteiger partial charge in [0.05, 0.1) is 12.4 Å². The van der Waals surface area contributed by atoms with Gasteiger partial charge in [0.25, 0.3) is 0 Å². The molecule has 0 spiro atoms. The summed E-state index contributed by atoms with van der Waals surface area (Å²) in [5, 5.41) is 7.15. The molecule has 0 amide bonds. The van der Waals surface area contributed by atoms with Crippen LogP contribution in [-0.2, 0) is 0 Å². The molecule has 0 fully saturated rings. The van der Waals surface area contributed by atoms with Crippen LogP contribution in [0.25, 0.3) is 0 Å². The fourth-order valence-electron chi connectivity index (χ4n) is 1.69. The van der Waals surface area contributed by atoms with Crippen LogP contribution in [0, 0.1) is 5.41 Å². The lowest BCUT2D eigenvalue weighted by molar-refractivity contribution is -0.150. The second-order valence-corrected chi connectivity index (χ2v) is 3.88. The zero-order valence-electron chi connectivity index (χ0n) is 9.77. The highest BCUT2D eigenvalue weighted by Gasteiger charge is 2.33. The van der Waals surface area contributed by atoms with Gasteiger partial charge < -0.3 is 5.73 Å². The van der Waals surface area contributed by atoms with E-state index in [0.29, 0.717) is 19.4 Å². The first-order chi connectivity index (χ1) is 7.30. The highest BCUT2D eigenvalue weighted by atomic mass is 19.4. The van der Waals surface area contributed by atoms with Gasteiger partial charge >= 0.3 is 6.18 Å². The van der Waals surface area contributed by atoms with Crippen LogP contribution in [0.3, 0.4) is 0 Å². The van der Waals surface area contributed by atoms with E-state index in [1.807, 2.05) is 13.8 Å². The van der Waals surface area contributed by atoms with E-state index in [9.17, 15) is 13.2 Å². The number of halogens is 3. The summed E-state index contributed by atoms with van der Waals surface area (Å²) in [6.45, 7) is 3.11. The van der Waals surface area contributed by atoms with Crippen molar-refractivity contribution in [2.24, 2.45) is 5.73 Å². The van der Waals surface area contributed by atoms with E-state index in [1.54, 1.807) is 0 Å². The minimum atomic E-state index is -4.20. The second kappa shape index (κ2) is 6.73. The molecule has 0 aromatic heterocycles. The van der Waals surface area contributed by atoms with Gasteiger partial charge in [0, 0.05) is 12.5 Å². The molecule has 6 heteroatoms. The van der Waals surface area contributed by atoms with Gasteiger partial charge in [0.15, 0.2) is 0 Å². The maximum Gasteiger partial charge on any atom is 0.401 e. The molecule has 16 heavy (non-hydrogen) atoms. The smallest absolute Gasteiger partial charge is 0.388 e. The van der Waals surface area contributed by atoms with Crippen LogP contribution >= 0.6 is 0 Å². The number of nitrogens with one attached hydrogen (secondary N) is 1. The number of alkyl halides is 3. The molecule has 0 saturated heterocycles. The van der Waals surface area contributed by atoms with Gasteiger partial charge in [-0.25, -0.2) is 0 Å². The van der Waals surface area contributed by atoms with Crippen molar-refractivity contribution in [3.8, 4) is 0 Å². The lowest BCUT2D eigenvalue weighted by Crippen LogP contribution is -2.43. The standard InChI is InChI=1S/C10H20F3N3/c1-3-5-16(7-10(11,12)13)8(4-2)6-9(14)15/h8H,3-7H2,1-2H3,(H3,14,15). The van der Waals surface area contributed by atoms with Crippen molar-refractivity contribution in [1.29, 1.82) is 5.41 Å². The van der Waals surface area contributed by atoms with Gasteiger partial charge in [-0.2, -0.15) is 13.2 Å². The molecule has 0 radical (unpaired) electrons. The fraction of sp³-hybridized carbons (Fsp3) is 0.900. The average molecular weight is 239 g/mol. The van der Waals surface area contributed by atoms with Crippen LogP contribution in [0.2, 0.25) is 0 Å². The Kier molecular flexibility index (Phi) is 6.40. The Labute approximate surface area is 94.3 Å². The number of hydrogen-bond donors (Lipinski definition) is 2. The summed E-state index contributed by atoms with van der Waals surface area (Å²) < 4.78 is 37.0. The molecule has 96 valence electrons. The molecular formula is C10H20F3N3. The highest BCUT2D eigenvalue weighted by molar-refractivity contribution is 5.77. The van der Waals surface area contributed by atoms with Crippen molar-refractivity contribution in [3.05, 3.63) is 0 Å². The molecular weight excluding hydrogens is 219 g/mol. The number of amidine groups is 1. The summed E-state index contributed by atoms with van der Waals surface area (Å²) >= 11 is 0. The topological polar surface area (TPSA) is 53.1 Å². The third-order valence-electron chi connectivity index (χ3n) is 2.34. The molecule has 0 bridgehead atoms. The molecule has 0 aromatic carbocycles. The molecule has 0 aliphatic carbocycles. The predicted molar refractivity (Wildman–Crippen MR) is 58.5 cm³/mol. The summed E-state index contributed by atoms with van der Waals surface area (Å²) in [5.41, 5.74) is 5.24. The largest absolute Gasteiger partial charge is 0.401 e. The predicted octanol–water partition coefficient (Wildman–Crippen LogP) is 2.37. The second-order valence-electron chi connectivity index (χ2n) is 3.88. The number of nitrogens with two attached hydrogens (primary N) is 1. The van der Waals surface area contributed by atoms with Crippen LogP contribution in [0.1, 0.15) is 33.1 Å². The maximum absolute atomic E-state index is 12.3. The van der Waals surface area contributed by atoms with Crippen LogP contribution in [0.15, 0.2) is 0 Å². The van der Waals surface area contributed by atoms with Gasteiger partial charge in [-0.15, -0.1) is 0 Å². The van der Waals surface area contributed by atoms with Crippen molar-refractivity contribution in [1.82, 2.24) is 4.90 Å². The fourth-order valence-corrected chi connectivity index (χ4v) is 1.69. The van der Waals surface area contributed by atoms with Gasteiger partial charge in [0.1, 0.15) is 0 Å². The summed E-state index contributed by atoms with van der Waals surface area (Å²) in [7, 11) is 0. The summed E-state index contributed by atoms with van der Waals surface area (Å²) in [4.78, 5) is 1.36. The molecule has 0 aromatic rings. The average Bonchev–Trinajstić information content (AvgIpc) is 2.11. The van der Waals surface area contributed by atoms with Gasteiger partial charge in [-0.3, -0.25) is 10.3 Å². The van der Waals surface area contributed by atoms with Crippen LogP contribution < -0.4 is 5.73 Å². The van der Waals surface area contributed by atoms with Crippen LogP contribution in [0.5, 0.6) is 0 Å². The molecule has 0 heterocycles. The maximum atomic E-state index is 12.3. The molecule has 0 aliphatic rings. The molecule has 0 aliphatic heterocycles. The number of rotatable bonds is 7. The zero-order valence-corrected chi connectivity index (χ0v) is 9.77. The Hall–Kier alpha value is -0.780. The van der Waals surface area contributed by atoms with Gasteiger partial charge in [0.2, 0.25) is 0 Å². The molecule has 0 rings (SSSR count). The monoisotopic (exact) mass is 239 g/mol. The van der Waals surface area contributed by atoms with Gasteiger partial charge in [-0.1, -0.05) is 13.8 Å². The lowest BCUT2D eigenvalue weighted by atomic mass is 10.1. The van der Waals surface area contributed by atoms with E-state index in [0.717, 1.165) is 0 Å². The Balaban J connectivity index is 4.51. The van der Waals surface area contributed by atoms with Crippen molar-refractivity contribution in [3.63, 3.8) is 0 Å². The van der Waals surface area contributed by atoms with E-state index in [4.69, 9.17) is 11.1 Å². The molecule has 0 saturated carbocycles. The molecule has 3 N–H and O–H groups in total. The van der Waals surface area contributed by atoms with E-state index in [-0.39, 0.29) is 18.3 Å². The van der Waals surface area contributed by atoms with Crippen molar-refractivity contribution in [2.75, 3.05) is 13.1 Å². The first-order valence-electron chi connectivity index (χ1n) is 5.43. The minimum Gasteiger partial charge on any atom is -0.388 e. The Morgan fingerprint density at radius 1 is 1.38 bits per heavy atom. The number of nitrogens with zero attached hydrogens (tertiary/aromatic N) is 1. The Bertz CT molecular complexity index is 216. The first kappa shape index (κ1) is 15.2. The van der Waals surface area contributed by atoms with E-state index in [2.05, 4.69) is 0 Å².